The minimum Gasteiger partial charge on any atom is -0.344 e. The Bertz CT molecular complexity index is 373. The number of carbonyl (C=O) groups is 1. The predicted molar refractivity (Wildman–Crippen MR) is 72.5 cm³/mol. The van der Waals surface area contributed by atoms with Crippen LogP contribution in [0.25, 0.3) is 0 Å². The number of aryl methyl sites for hydroxylation is 1. The summed E-state index contributed by atoms with van der Waals surface area (Å²) >= 11 is 0. The number of carbonyl (C=O) groups excluding carboxylic acids is 1. The summed E-state index contributed by atoms with van der Waals surface area (Å²) in [6.45, 7) is 6.50. The normalized spacial score (nSPS) is 10.9. The minimum absolute atomic E-state index is 0.175. The molecule has 0 saturated heterocycles. The van der Waals surface area contributed by atoms with Crippen LogP contribution in [-0.4, -0.2) is 47.5 Å². The minimum atomic E-state index is 0.175. The van der Waals surface area contributed by atoms with Gasteiger partial charge < -0.3 is 14.8 Å². The lowest BCUT2D eigenvalue weighted by Gasteiger charge is -2.17. The van der Waals surface area contributed by atoms with E-state index in [1.807, 2.05) is 20.3 Å². The number of amides is 1. The average molecular weight is 252 g/mol. The van der Waals surface area contributed by atoms with Gasteiger partial charge in [-0.05, 0) is 7.05 Å². The Morgan fingerprint density at radius 1 is 1.56 bits per heavy atom. The van der Waals surface area contributed by atoms with E-state index in [9.17, 15) is 4.79 Å². The molecular formula is C13H24N4O. The highest BCUT2D eigenvalue weighted by Crippen LogP contribution is 2.12. The van der Waals surface area contributed by atoms with Crippen molar-refractivity contribution in [1.82, 2.24) is 19.8 Å². The molecule has 5 heteroatoms. The van der Waals surface area contributed by atoms with Gasteiger partial charge in [0.15, 0.2) is 0 Å². The number of hydrogen-bond donors (Lipinski definition) is 1. The van der Waals surface area contributed by atoms with Crippen molar-refractivity contribution in [2.45, 2.75) is 32.7 Å². The highest BCUT2D eigenvalue weighted by molar-refractivity contribution is 5.75. The first-order valence-corrected chi connectivity index (χ1v) is 6.45. The quantitative estimate of drug-likeness (QED) is 0.790. The number of rotatable bonds is 7. The van der Waals surface area contributed by atoms with Crippen LogP contribution >= 0.6 is 0 Å². The van der Waals surface area contributed by atoms with Gasteiger partial charge >= 0.3 is 0 Å². The van der Waals surface area contributed by atoms with E-state index in [2.05, 4.69) is 28.7 Å². The molecule has 1 rings (SSSR count). The zero-order chi connectivity index (χ0) is 13.5. The zero-order valence-corrected chi connectivity index (χ0v) is 11.8. The van der Waals surface area contributed by atoms with Gasteiger partial charge in [-0.25, -0.2) is 4.98 Å². The Balaban J connectivity index is 2.44. The lowest BCUT2D eigenvalue weighted by molar-refractivity contribution is -0.130. The van der Waals surface area contributed by atoms with Crippen molar-refractivity contribution in [3.63, 3.8) is 0 Å². The van der Waals surface area contributed by atoms with E-state index in [1.165, 1.54) is 0 Å². The highest BCUT2D eigenvalue weighted by Gasteiger charge is 2.11. The van der Waals surface area contributed by atoms with Crippen LogP contribution in [0.15, 0.2) is 12.4 Å². The molecule has 1 aromatic heterocycles. The first kappa shape index (κ1) is 14.7. The SMILES string of the molecule is CNCCN(C)C(=O)CCn1ccnc1C(C)C. The molecule has 1 amide bonds. The number of imidazole rings is 1. The van der Waals surface area contributed by atoms with Crippen molar-refractivity contribution >= 4 is 5.91 Å². The summed E-state index contributed by atoms with van der Waals surface area (Å²) < 4.78 is 2.06. The Labute approximate surface area is 109 Å². The molecule has 1 heterocycles. The molecule has 0 unspecified atom stereocenters. The van der Waals surface area contributed by atoms with Gasteiger partial charge in [-0.1, -0.05) is 13.8 Å². The molecule has 0 aliphatic rings. The molecule has 0 spiro atoms. The number of nitrogens with one attached hydrogen (secondary N) is 1. The lowest BCUT2D eigenvalue weighted by atomic mass is 10.2. The third-order valence-electron chi connectivity index (χ3n) is 2.95. The van der Waals surface area contributed by atoms with Gasteiger partial charge in [0.05, 0.1) is 0 Å². The fourth-order valence-electron chi connectivity index (χ4n) is 1.82. The van der Waals surface area contributed by atoms with Gasteiger partial charge in [0, 0.05) is 51.4 Å². The lowest BCUT2D eigenvalue weighted by Crippen LogP contribution is -2.33. The maximum atomic E-state index is 11.9. The van der Waals surface area contributed by atoms with E-state index in [4.69, 9.17) is 0 Å². The fourth-order valence-corrected chi connectivity index (χ4v) is 1.82. The number of nitrogens with zero attached hydrogens (tertiary/aromatic N) is 3. The van der Waals surface area contributed by atoms with Crippen molar-refractivity contribution in [3.05, 3.63) is 18.2 Å². The largest absolute Gasteiger partial charge is 0.344 e. The van der Waals surface area contributed by atoms with E-state index < -0.39 is 0 Å². The molecule has 0 aliphatic carbocycles. The van der Waals surface area contributed by atoms with Crippen LogP contribution in [0.1, 0.15) is 32.0 Å². The highest BCUT2D eigenvalue weighted by atomic mass is 16.2. The predicted octanol–water partition coefficient (Wildman–Crippen LogP) is 1.07. The summed E-state index contributed by atoms with van der Waals surface area (Å²) in [5, 5.41) is 3.04. The Morgan fingerprint density at radius 3 is 2.89 bits per heavy atom. The van der Waals surface area contributed by atoms with Crippen molar-refractivity contribution in [3.8, 4) is 0 Å². The molecule has 0 saturated carbocycles. The Kier molecular flexibility index (Phi) is 5.85. The molecular weight excluding hydrogens is 228 g/mol. The molecule has 1 aromatic rings. The van der Waals surface area contributed by atoms with Crippen molar-refractivity contribution in [2.24, 2.45) is 0 Å². The Hall–Kier alpha value is -1.36. The summed E-state index contributed by atoms with van der Waals surface area (Å²) in [6.07, 6.45) is 4.26. The van der Waals surface area contributed by atoms with Crippen LogP contribution in [0.2, 0.25) is 0 Å². The third kappa shape index (κ3) is 4.14. The number of hydrogen-bond acceptors (Lipinski definition) is 3. The number of aromatic nitrogens is 2. The van der Waals surface area contributed by atoms with Gasteiger partial charge in [0.2, 0.25) is 5.91 Å². The topological polar surface area (TPSA) is 50.2 Å². The van der Waals surface area contributed by atoms with E-state index in [-0.39, 0.29) is 5.91 Å². The molecule has 0 bridgehead atoms. The van der Waals surface area contributed by atoms with E-state index in [0.717, 1.165) is 18.9 Å². The van der Waals surface area contributed by atoms with Crippen LogP contribution in [0.5, 0.6) is 0 Å². The standard InChI is InChI=1S/C13H24N4O/c1-11(2)13-15-7-10-17(13)8-5-12(18)16(4)9-6-14-3/h7,10-11,14H,5-6,8-9H2,1-4H3. The van der Waals surface area contributed by atoms with Crippen LogP contribution in [-0.2, 0) is 11.3 Å². The molecule has 0 aromatic carbocycles. The van der Waals surface area contributed by atoms with Crippen LogP contribution in [0, 0.1) is 0 Å². The first-order chi connectivity index (χ1) is 8.56. The second kappa shape index (κ2) is 7.16. The molecule has 0 atom stereocenters. The smallest absolute Gasteiger partial charge is 0.224 e. The van der Waals surface area contributed by atoms with Crippen LogP contribution in [0.4, 0.5) is 0 Å². The Morgan fingerprint density at radius 2 is 2.28 bits per heavy atom. The summed E-state index contributed by atoms with van der Waals surface area (Å²) in [6, 6.07) is 0. The zero-order valence-electron chi connectivity index (χ0n) is 11.8. The van der Waals surface area contributed by atoms with Gasteiger partial charge in [-0.3, -0.25) is 4.79 Å². The van der Waals surface area contributed by atoms with Gasteiger partial charge in [-0.15, -0.1) is 0 Å². The average Bonchev–Trinajstić information content (AvgIpc) is 2.81. The second-order valence-corrected chi connectivity index (χ2v) is 4.80. The molecule has 0 radical (unpaired) electrons. The van der Waals surface area contributed by atoms with Gasteiger partial charge in [-0.2, -0.15) is 0 Å². The summed E-state index contributed by atoms with van der Waals surface area (Å²) in [5.74, 6) is 1.60. The molecule has 0 fully saturated rings. The van der Waals surface area contributed by atoms with Crippen molar-refractivity contribution in [2.75, 3.05) is 27.2 Å². The molecule has 18 heavy (non-hydrogen) atoms. The molecule has 5 nitrogen and oxygen atoms in total. The maximum absolute atomic E-state index is 11.9. The van der Waals surface area contributed by atoms with Crippen molar-refractivity contribution in [1.29, 1.82) is 0 Å². The van der Waals surface area contributed by atoms with Crippen LogP contribution in [0.3, 0.4) is 0 Å². The fraction of sp³-hybridized carbons (Fsp3) is 0.692. The van der Waals surface area contributed by atoms with Gasteiger partial charge in [0.25, 0.3) is 0 Å². The molecule has 1 N–H and O–H groups in total. The monoisotopic (exact) mass is 252 g/mol. The van der Waals surface area contributed by atoms with Crippen molar-refractivity contribution < 1.29 is 4.79 Å². The van der Waals surface area contributed by atoms with E-state index in [1.54, 1.807) is 11.1 Å². The van der Waals surface area contributed by atoms with E-state index >= 15 is 0 Å². The van der Waals surface area contributed by atoms with Gasteiger partial charge in [0.1, 0.15) is 5.82 Å². The van der Waals surface area contributed by atoms with E-state index in [0.29, 0.717) is 18.9 Å². The number of likely N-dealkylation sites (N-methyl/N-ethyl adjacent to an activating group) is 2. The third-order valence-corrected chi connectivity index (χ3v) is 2.95. The maximum Gasteiger partial charge on any atom is 0.224 e. The summed E-state index contributed by atoms with van der Waals surface area (Å²) in [7, 11) is 3.73. The summed E-state index contributed by atoms with van der Waals surface area (Å²) in [5.41, 5.74) is 0. The van der Waals surface area contributed by atoms with Crippen LogP contribution < -0.4 is 5.32 Å². The second-order valence-electron chi connectivity index (χ2n) is 4.80. The molecule has 102 valence electrons. The summed E-state index contributed by atoms with van der Waals surface area (Å²) in [4.78, 5) is 18.0. The molecule has 0 aliphatic heterocycles. The first-order valence-electron chi connectivity index (χ1n) is 6.45.